The lowest BCUT2D eigenvalue weighted by molar-refractivity contribution is 0.411. The van der Waals surface area contributed by atoms with Gasteiger partial charge in [-0.05, 0) is 58.2 Å². The quantitative estimate of drug-likeness (QED) is 0.850. The van der Waals surface area contributed by atoms with Gasteiger partial charge < -0.3 is 10.1 Å². The van der Waals surface area contributed by atoms with Gasteiger partial charge in [-0.2, -0.15) is 0 Å². The van der Waals surface area contributed by atoms with Gasteiger partial charge in [-0.25, -0.2) is 4.39 Å². The molecule has 1 unspecified atom stereocenters. The Balaban J connectivity index is 2.37. The zero-order valence-corrected chi connectivity index (χ0v) is 13.7. The van der Waals surface area contributed by atoms with Gasteiger partial charge in [0.25, 0.3) is 0 Å². The zero-order valence-electron chi connectivity index (χ0n) is 12.1. The normalized spacial score (nSPS) is 12.2. The highest BCUT2D eigenvalue weighted by Crippen LogP contribution is 2.30. The summed E-state index contributed by atoms with van der Waals surface area (Å²) in [5, 5.41) is 3.43. The van der Waals surface area contributed by atoms with Crippen LogP contribution in [0.2, 0.25) is 0 Å². The SMILES string of the molecule is CCCNC(c1cncc(F)c1)c1ccc(OC)c(Br)c1. The van der Waals surface area contributed by atoms with Crippen LogP contribution in [0.4, 0.5) is 4.39 Å². The standard InChI is InChI=1S/C16H18BrFN2O/c1-3-6-20-16(12-7-13(18)10-19-9-12)11-4-5-15(21-2)14(17)8-11/h4-5,7-10,16,20H,3,6H2,1-2H3. The summed E-state index contributed by atoms with van der Waals surface area (Å²) in [6.45, 7) is 2.93. The van der Waals surface area contributed by atoms with Crippen LogP contribution in [0, 0.1) is 5.82 Å². The van der Waals surface area contributed by atoms with E-state index in [0.717, 1.165) is 34.3 Å². The molecule has 0 aliphatic rings. The number of hydrogen-bond acceptors (Lipinski definition) is 3. The van der Waals surface area contributed by atoms with E-state index >= 15 is 0 Å². The third kappa shape index (κ3) is 4.02. The Morgan fingerprint density at radius 1 is 1.29 bits per heavy atom. The second kappa shape index (κ2) is 7.52. The summed E-state index contributed by atoms with van der Waals surface area (Å²) < 4.78 is 19.6. The number of pyridine rings is 1. The number of benzene rings is 1. The van der Waals surface area contributed by atoms with Crippen molar-refractivity contribution in [1.29, 1.82) is 0 Å². The van der Waals surface area contributed by atoms with Crippen molar-refractivity contribution in [1.82, 2.24) is 10.3 Å². The number of ether oxygens (including phenoxy) is 1. The number of halogens is 2. The van der Waals surface area contributed by atoms with Gasteiger partial charge in [0.05, 0.1) is 23.8 Å². The molecule has 5 heteroatoms. The maximum atomic E-state index is 13.4. The number of aromatic nitrogens is 1. The first-order valence-electron chi connectivity index (χ1n) is 6.83. The lowest BCUT2D eigenvalue weighted by Crippen LogP contribution is -2.23. The van der Waals surface area contributed by atoms with E-state index in [2.05, 4.69) is 33.2 Å². The van der Waals surface area contributed by atoms with Crippen LogP contribution in [0.15, 0.2) is 41.1 Å². The van der Waals surface area contributed by atoms with E-state index in [9.17, 15) is 4.39 Å². The van der Waals surface area contributed by atoms with Crippen molar-refractivity contribution in [3.8, 4) is 5.75 Å². The molecule has 1 N–H and O–H groups in total. The molecule has 1 atom stereocenters. The van der Waals surface area contributed by atoms with Gasteiger partial charge in [0, 0.05) is 6.20 Å². The van der Waals surface area contributed by atoms with E-state index in [1.165, 1.54) is 12.3 Å². The molecule has 0 fully saturated rings. The van der Waals surface area contributed by atoms with Gasteiger partial charge in [-0.1, -0.05) is 13.0 Å². The highest BCUT2D eigenvalue weighted by molar-refractivity contribution is 9.10. The molecule has 2 rings (SSSR count). The van der Waals surface area contributed by atoms with E-state index in [-0.39, 0.29) is 11.9 Å². The van der Waals surface area contributed by atoms with E-state index < -0.39 is 0 Å². The molecule has 1 aromatic heterocycles. The van der Waals surface area contributed by atoms with Crippen LogP contribution in [0.3, 0.4) is 0 Å². The Kier molecular flexibility index (Phi) is 5.70. The molecular formula is C16H18BrFN2O. The maximum absolute atomic E-state index is 13.4. The van der Waals surface area contributed by atoms with E-state index in [4.69, 9.17) is 4.74 Å². The lowest BCUT2D eigenvalue weighted by Gasteiger charge is -2.20. The van der Waals surface area contributed by atoms with Crippen LogP contribution in [0.5, 0.6) is 5.75 Å². The first-order chi connectivity index (χ1) is 10.2. The first-order valence-corrected chi connectivity index (χ1v) is 7.62. The average molecular weight is 353 g/mol. The largest absolute Gasteiger partial charge is 0.496 e. The summed E-state index contributed by atoms with van der Waals surface area (Å²) in [5.41, 5.74) is 1.84. The lowest BCUT2D eigenvalue weighted by atomic mass is 10.00. The molecule has 112 valence electrons. The Morgan fingerprint density at radius 3 is 2.71 bits per heavy atom. The third-order valence-electron chi connectivity index (χ3n) is 3.17. The number of rotatable bonds is 6. The Hall–Kier alpha value is -1.46. The summed E-state index contributed by atoms with van der Waals surface area (Å²) in [6.07, 6.45) is 3.90. The minimum absolute atomic E-state index is 0.102. The minimum Gasteiger partial charge on any atom is -0.496 e. The molecule has 0 aliphatic carbocycles. The van der Waals surface area contributed by atoms with Crippen molar-refractivity contribution in [2.24, 2.45) is 0 Å². The minimum atomic E-state index is -0.330. The van der Waals surface area contributed by atoms with Gasteiger partial charge in [-0.15, -0.1) is 0 Å². The van der Waals surface area contributed by atoms with E-state index in [0.29, 0.717) is 0 Å². The van der Waals surface area contributed by atoms with Gasteiger partial charge in [0.1, 0.15) is 11.6 Å². The molecule has 0 saturated heterocycles. The molecule has 0 amide bonds. The third-order valence-corrected chi connectivity index (χ3v) is 3.79. The summed E-state index contributed by atoms with van der Waals surface area (Å²) in [7, 11) is 1.63. The molecule has 0 radical (unpaired) electrons. The molecule has 0 saturated carbocycles. The Bertz CT molecular complexity index is 607. The first kappa shape index (κ1) is 15.9. The molecule has 2 aromatic rings. The summed E-state index contributed by atoms with van der Waals surface area (Å²) >= 11 is 3.49. The molecule has 1 heterocycles. The average Bonchev–Trinajstić information content (AvgIpc) is 2.48. The number of hydrogen-bond donors (Lipinski definition) is 1. The predicted octanol–water partition coefficient (Wildman–Crippen LogP) is 4.08. The zero-order chi connectivity index (χ0) is 15.2. The highest BCUT2D eigenvalue weighted by atomic mass is 79.9. The molecular weight excluding hydrogens is 335 g/mol. The van der Waals surface area contributed by atoms with Gasteiger partial charge in [0.15, 0.2) is 0 Å². The van der Waals surface area contributed by atoms with Crippen LogP contribution in [0.25, 0.3) is 0 Å². The van der Waals surface area contributed by atoms with Crippen LogP contribution < -0.4 is 10.1 Å². The molecule has 21 heavy (non-hydrogen) atoms. The topological polar surface area (TPSA) is 34.2 Å². The fraction of sp³-hybridized carbons (Fsp3) is 0.312. The number of nitrogens with zero attached hydrogens (tertiary/aromatic N) is 1. The van der Waals surface area contributed by atoms with Gasteiger partial charge in [-0.3, -0.25) is 4.98 Å². The second-order valence-electron chi connectivity index (χ2n) is 4.72. The molecule has 3 nitrogen and oxygen atoms in total. The predicted molar refractivity (Wildman–Crippen MR) is 85.0 cm³/mol. The molecule has 0 aliphatic heterocycles. The number of nitrogens with one attached hydrogen (secondary N) is 1. The van der Waals surface area contributed by atoms with Crippen LogP contribution in [0.1, 0.15) is 30.5 Å². The van der Waals surface area contributed by atoms with Crippen LogP contribution in [-0.4, -0.2) is 18.6 Å². The summed E-state index contributed by atoms with van der Waals surface area (Å²) in [5.74, 6) is 0.439. The Morgan fingerprint density at radius 2 is 2.10 bits per heavy atom. The Labute approximate surface area is 132 Å². The molecule has 1 aromatic carbocycles. The van der Waals surface area contributed by atoms with Crippen molar-refractivity contribution in [3.63, 3.8) is 0 Å². The number of methoxy groups -OCH3 is 1. The van der Waals surface area contributed by atoms with Crippen molar-refractivity contribution in [2.75, 3.05) is 13.7 Å². The van der Waals surface area contributed by atoms with Crippen molar-refractivity contribution in [3.05, 3.63) is 58.1 Å². The second-order valence-corrected chi connectivity index (χ2v) is 5.57. The van der Waals surface area contributed by atoms with Gasteiger partial charge in [0.2, 0.25) is 0 Å². The van der Waals surface area contributed by atoms with Crippen LogP contribution >= 0.6 is 15.9 Å². The van der Waals surface area contributed by atoms with E-state index in [1.54, 1.807) is 13.3 Å². The smallest absolute Gasteiger partial charge is 0.141 e. The van der Waals surface area contributed by atoms with Crippen molar-refractivity contribution >= 4 is 15.9 Å². The maximum Gasteiger partial charge on any atom is 0.141 e. The summed E-state index contributed by atoms with van der Waals surface area (Å²) in [6, 6.07) is 7.26. The highest BCUT2D eigenvalue weighted by Gasteiger charge is 2.16. The summed E-state index contributed by atoms with van der Waals surface area (Å²) in [4.78, 5) is 3.94. The fourth-order valence-corrected chi connectivity index (χ4v) is 2.72. The van der Waals surface area contributed by atoms with Gasteiger partial charge >= 0.3 is 0 Å². The van der Waals surface area contributed by atoms with Crippen molar-refractivity contribution < 1.29 is 9.13 Å². The van der Waals surface area contributed by atoms with E-state index in [1.807, 2.05) is 18.2 Å². The molecule has 0 spiro atoms. The fourth-order valence-electron chi connectivity index (χ4n) is 2.17. The van der Waals surface area contributed by atoms with Crippen LogP contribution in [-0.2, 0) is 0 Å². The molecule has 0 bridgehead atoms. The van der Waals surface area contributed by atoms with Crippen molar-refractivity contribution in [2.45, 2.75) is 19.4 Å². The monoisotopic (exact) mass is 352 g/mol.